The van der Waals surface area contributed by atoms with Crippen LogP contribution in [0.2, 0.25) is 0 Å². The highest BCUT2D eigenvalue weighted by atomic mass is 16.5. The van der Waals surface area contributed by atoms with Crippen molar-refractivity contribution in [2.75, 3.05) is 53.1 Å². The third-order valence-corrected chi connectivity index (χ3v) is 5.93. The van der Waals surface area contributed by atoms with Crippen LogP contribution in [0.15, 0.2) is 29.2 Å². The molecule has 10 nitrogen and oxygen atoms in total. The summed E-state index contributed by atoms with van der Waals surface area (Å²) in [5.41, 5.74) is 1.78. The lowest BCUT2D eigenvalue weighted by Gasteiger charge is -2.27. The van der Waals surface area contributed by atoms with Crippen LogP contribution in [-0.2, 0) is 16.0 Å². The van der Waals surface area contributed by atoms with Crippen molar-refractivity contribution in [2.45, 2.75) is 19.9 Å². The SMILES string of the molecule is COCCCNC(=O)c1cc2c(=O)n3cccc(C)c3nc2n(CCN2CCOCC2)c1=N. The maximum atomic E-state index is 13.4. The molecule has 33 heavy (non-hydrogen) atoms. The Bertz CT molecular complexity index is 1280. The molecule has 0 spiro atoms. The number of pyridine rings is 2. The predicted octanol–water partition coefficient (Wildman–Crippen LogP) is 0.536. The van der Waals surface area contributed by atoms with Crippen LogP contribution in [-0.4, -0.2) is 77.9 Å². The molecular weight excluding hydrogens is 424 g/mol. The number of amides is 1. The second-order valence-corrected chi connectivity index (χ2v) is 8.15. The second kappa shape index (κ2) is 10.2. The number of aryl methyl sites for hydroxylation is 1. The van der Waals surface area contributed by atoms with E-state index < -0.39 is 0 Å². The molecule has 1 aliphatic rings. The summed E-state index contributed by atoms with van der Waals surface area (Å²) in [6.45, 7) is 6.92. The van der Waals surface area contributed by atoms with Crippen LogP contribution in [0.1, 0.15) is 22.3 Å². The monoisotopic (exact) mass is 454 g/mol. The van der Waals surface area contributed by atoms with Gasteiger partial charge in [-0.15, -0.1) is 0 Å². The van der Waals surface area contributed by atoms with Crippen LogP contribution in [0.4, 0.5) is 0 Å². The fourth-order valence-corrected chi connectivity index (χ4v) is 4.07. The van der Waals surface area contributed by atoms with E-state index in [0.717, 1.165) is 18.7 Å². The van der Waals surface area contributed by atoms with E-state index >= 15 is 0 Å². The fourth-order valence-electron chi connectivity index (χ4n) is 4.07. The number of aromatic nitrogens is 3. The van der Waals surface area contributed by atoms with Gasteiger partial charge in [-0.2, -0.15) is 0 Å². The van der Waals surface area contributed by atoms with E-state index in [9.17, 15) is 9.59 Å². The largest absolute Gasteiger partial charge is 0.385 e. The minimum absolute atomic E-state index is 0.0461. The van der Waals surface area contributed by atoms with Gasteiger partial charge >= 0.3 is 0 Å². The number of nitrogens with one attached hydrogen (secondary N) is 2. The quantitative estimate of drug-likeness (QED) is 0.379. The number of morpholine rings is 1. The number of ether oxygens (including phenoxy) is 2. The summed E-state index contributed by atoms with van der Waals surface area (Å²) in [6.07, 6.45) is 2.34. The summed E-state index contributed by atoms with van der Waals surface area (Å²) in [5, 5.41) is 12.0. The minimum Gasteiger partial charge on any atom is -0.385 e. The van der Waals surface area contributed by atoms with E-state index in [4.69, 9.17) is 19.9 Å². The number of rotatable bonds is 8. The molecule has 0 saturated carbocycles. The molecule has 0 radical (unpaired) electrons. The molecule has 0 aliphatic carbocycles. The summed E-state index contributed by atoms with van der Waals surface area (Å²) in [4.78, 5) is 33.3. The molecule has 0 bridgehead atoms. The van der Waals surface area contributed by atoms with E-state index in [1.165, 1.54) is 10.5 Å². The van der Waals surface area contributed by atoms with Crippen molar-refractivity contribution in [3.63, 3.8) is 0 Å². The smallest absolute Gasteiger partial charge is 0.267 e. The predicted molar refractivity (Wildman–Crippen MR) is 124 cm³/mol. The minimum atomic E-state index is -0.383. The van der Waals surface area contributed by atoms with Gasteiger partial charge in [0.1, 0.15) is 16.8 Å². The number of fused-ring (bicyclic) bond motifs is 2. The summed E-state index contributed by atoms with van der Waals surface area (Å²) in [6, 6.07) is 5.19. The van der Waals surface area contributed by atoms with Gasteiger partial charge in [-0.1, -0.05) is 6.07 Å². The summed E-state index contributed by atoms with van der Waals surface area (Å²) in [5.74, 6) is -0.383. The first-order valence-corrected chi connectivity index (χ1v) is 11.2. The first-order valence-electron chi connectivity index (χ1n) is 11.2. The number of methoxy groups -OCH3 is 1. The molecule has 1 aliphatic heterocycles. The lowest BCUT2D eigenvalue weighted by molar-refractivity contribution is 0.0363. The number of hydrogen-bond donors (Lipinski definition) is 2. The molecule has 1 fully saturated rings. The molecule has 3 aromatic heterocycles. The molecule has 4 heterocycles. The van der Waals surface area contributed by atoms with Crippen molar-refractivity contribution in [1.82, 2.24) is 24.2 Å². The zero-order chi connectivity index (χ0) is 23.4. The van der Waals surface area contributed by atoms with Crippen molar-refractivity contribution < 1.29 is 14.3 Å². The number of carbonyl (C=O) groups excluding carboxylic acids is 1. The van der Waals surface area contributed by atoms with E-state index in [1.54, 1.807) is 23.9 Å². The molecule has 2 N–H and O–H groups in total. The molecule has 0 atom stereocenters. The Balaban J connectivity index is 1.81. The summed E-state index contributed by atoms with van der Waals surface area (Å²) in [7, 11) is 1.61. The van der Waals surface area contributed by atoms with Crippen molar-refractivity contribution in [1.29, 1.82) is 5.41 Å². The topological polar surface area (TPSA) is 114 Å². The average molecular weight is 455 g/mol. The maximum absolute atomic E-state index is 13.4. The van der Waals surface area contributed by atoms with E-state index in [-0.39, 0.29) is 22.5 Å². The van der Waals surface area contributed by atoms with Crippen molar-refractivity contribution >= 4 is 22.6 Å². The van der Waals surface area contributed by atoms with Crippen LogP contribution in [0.3, 0.4) is 0 Å². The molecule has 176 valence electrons. The number of nitrogens with zero attached hydrogens (tertiary/aromatic N) is 4. The molecule has 4 rings (SSSR count). The van der Waals surface area contributed by atoms with Crippen LogP contribution in [0, 0.1) is 12.3 Å². The molecule has 3 aromatic rings. The van der Waals surface area contributed by atoms with Gasteiger partial charge in [0.05, 0.1) is 24.2 Å². The standard InChI is InChI=1S/C23H30N6O4/c1-16-5-3-7-29-20(16)26-21-18(23(29)31)15-17(22(30)25-6-4-12-32-2)19(24)28(21)9-8-27-10-13-33-14-11-27/h3,5,7,15,24H,4,6,8-14H2,1-2H3,(H,25,30). The van der Waals surface area contributed by atoms with Gasteiger partial charge in [-0.3, -0.25) is 24.3 Å². The molecule has 1 amide bonds. The molecular formula is C23H30N6O4. The molecule has 0 aromatic carbocycles. The van der Waals surface area contributed by atoms with Gasteiger partial charge in [-0.05, 0) is 31.0 Å². The van der Waals surface area contributed by atoms with Crippen molar-refractivity contribution in [2.24, 2.45) is 0 Å². The lowest BCUT2D eigenvalue weighted by Crippen LogP contribution is -2.41. The van der Waals surface area contributed by atoms with Gasteiger partial charge in [0, 0.05) is 52.6 Å². The molecule has 1 saturated heterocycles. The Morgan fingerprint density at radius 1 is 1.27 bits per heavy atom. The molecule has 10 heteroatoms. The molecule has 0 unspecified atom stereocenters. The van der Waals surface area contributed by atoms with Gasteiger partial charge in [-0.25, -0.2) is 4.98 Å². The Hall–Kier alpha value is -3.08. The van der Waals surface area contributed by atoms with E-state index in [1.807, 2.05) is 13.0 Å². The highest BCUT2D eigenvalue weighted by Crippen LogP contribution is 2.13. The van der Waals surface area contributed by atoms with Crippen molar-refractivity contribution in [3.8, 4) is 0 Å². The summed E-state index contributed by atoms with van der Waals surface area (Å²) >= 11 is 0. The third kappa shape index (κ3) is 4.82. The Kier molecular flexibility index (Phi) is 7.17. The first-order chi connectivity index (χ1) is 16.0. The van der Waals surface area contributed by atoms with E-state index in [2.05, 4.69) is 10.2 Å². The van der Waals surface area contributed by atoms with Gasteiger partial charge in [0.25, 0.3) is 11.5 Å². The Morgan fingerprint density at radius 3 is 2.82 bits per heavy atom. The Morgan fingerprint density at radius 2 is 2.06 bits per heavy atom. The first kappa shape index (κ1) is 23.1. The second-order valence-electron chi connectivity index (χ2n) is 8.15. The number of hydrogen-bond acceptors (Lipinski definition) is 7. The van der Waals surface area contributed by atoms with Gasteiger partial charge in [0.2, 0.25) is 0 Å². The van der Waals surface area contributed by atoms with Crippen LogP contribution < -0.4 is 16.4 Å². The average Bonchev–Trinajstić information content (AvgIpc) is 2.82. The normalized spacial score (nSPS) is 14.7. The Labute approximate surface area is 191 Å². The zero-order valence-electron chi connectivity index (χ0n) is 19.1. The third-order valence-electron chi connectivity index (χ3n) is 5.93. The summed E-state index contributed by atoms with van der Waals surface area (Å²) < 4.78 is 13.6. The van der Waals surface area contributed by atoms with Crippen molar-refractivity contribution in [3.05, 3.63) is 51.4 Å². The van der Waals surface area contributed by atoms with Gasteiger partial charge < -0.3 is 19.4 Å². The highest BCUT2D eigenvalue weighted by Gasteiger charge is 2.19. The van der Waals surface area contributed by atoms with Gasteiger partial charge in [0.15, 0.2) is 0 Å². The van der Waals surface area contributed by atoms with Crippen LogP contribution in [0.5, 0.6) is 0 Å². The fraction of sp³-hybridized carbons (Fsp3) is 0.478. The van der Waals surface area contributed by atoms with E-state index in [0.29, 0.717) is 62.6 Å². The lowest BCUT2D eigenvalue weighted by atomic mass is 10.2. The highest BCUT2D eigenvalue weighted by molar-refractivity contribution is 5.96. The maximum Gasteiger partial charge on any atom is 0.267 e. The zero-order valence-corrected chi connectivity index (χ0v) is 19.1. The number of carbonyl (C=O) groups is 1. The van der Waals surface area contributed by atoms with Crippen LogP contribution >= 0.6 is 0 Å². The van der Waals surface area contributed by atoms with Crippen LogP contribution in [0.25, 0.3) is 16.7 Å².